The second-order valence-corrected chi connectivity index (χ2v) is 9.27. The summed E-state index contributed by atoms with van der Waals surface area (Å²) < 4.78 is 27.4. The highest BCUT2D eigenvalue weighted by Gasteiger charge is 2.31. The van der Waals surface area contributed by atoms with Crippen LogP contribution in [0.3, 0.4) is 0 Å². The second-order valence-electron chi connectivity index (χ2n) is 7.38. The number of carbonyl (C=O) groups is 1. The van der Waals surface area contributed by atoms with Crippen LogP contribution in [-0.2, 0) is 10.0 Å². The average Bonchev–Trinajstić information content (AvgIpc) is 2.68. The minimum absolute atomic E-state index is 0. The molecule has 1 aromatic rings. The van der Waals surface area contributed by atoms with Crippen LogP contribution in [0.1, 0.15) is 49.4 Å². The van der Waals surface area contributed by atoms with Gasteiger partial charge in [-0.2, -0.15) is 4.31 Å². The van der Waals surface area contributed by atoms with E-state index in [1.807, 2.05) is 14.0 Å². The van der Waals surface area contributed by atoms with E-state index in [9.17, 15) is 13.2 Å². The van der Waals surface area contributed by atoms with Crippen molar-refractivity contribution in [3.63, 3.8) is 0 Å². The minimum atomic E-state index is -3.49. The first kappa shape index (κ1) is 22.1. The molecule has 1 atom stereocenters. The zero-order chi connectivity index (χ0) is 18.7. The largest absolute Gasteiger partial charge is 0.339 e. The molecular formula is C19H30ClN3O3S. The van der Waals surface area contributed by atoms with Gasteiger partial charge in [0, 0.05) is 31.2 Å². The summed E-state index contributed by atoms with van der Waals surface area (Å²) in [4.78, 5) is 14.8. The Morgan fingerprint density at radius 2 is 1.74 bits per heavy atom. The van der Waals surface area contributed by atoms with Gasteiger partial charge in [0.25, 0.3) is 5.91 Å². The van der Waals surface area contributed by atoms with Gasteiger partial charge in [0.05, 0.1) is 4.90 Å². The molecule has 8 heteroatoms. The van der Waals surface area contributed by atoms with Crippen molar-refractivity contribution < 1.29 is 13.2 Å². The lowest BCUT2D eigenvalue weighted by Gasteiger charge is -2.32. The molecule has 2 saturated heterocycles. The fourth-order valence-corrected chi connectivity index (χ4v) is 5.60. The number of hydrogen-bond acceptors (Lipinski definition) is 4. The van der Waals surface area contributed by atoms with Gasteiger partial charge in [0.15, 0.2) is 0 Å². The normalized spacial score (nSPS) is 22.1. The fraction of sp³-hybridized carbons (Fsp3) is 0.632. The molecule has 2 aliphatic rings. The maximum Gasteiger partial charge on any atom is 0.253 e. The van der Waals surface area contributed by atoms with Crippen molar-refractivity contribution >= 4 is 28.3 Å². The van der Waals surface area contributed by atoms with Crippen LogP contribution < -0.4 is 5.32 Å². The summed E-state index contributed by atoms with van der Waals surface area (Å²) in [5.74, 6) is -0.0489. The number of sulfonamides is 1. The molecule has 27 heavy (non-hydrogen) atoms. The molecule has 152 valence electrons. The van der Waals surface area contributed by atoms with Gasteiger partial charge in [-0.1, -0.05) is 6.42 Å². The zero-order valence-electron chi connectivity index (χ0n) is 16.1. The first-order valence-corrected chi connectivity index (χ1v) is 10.9. The summed E-state index contributed by atoms with van der Waals surface area (Å²) in [6, 6.07) is 6.69. The quantitative estimate of drug-likeness (QED) is 0.820. The third-order valence-corrected chi connectivity index (χ3v) is 7.65. The first-order valence-electron chi connectivity index (χ1n) is 9.51. The Labute approximate surface area is 168 Å². The summed E-state index contributed by atoms with van der Waals surface area (Å²) in [5.41, 5.74) is 0.539. The van der Waals surface area contributed by atoms with Crippen LogP contribution in [0.5, 0.6) is 0 Å². The highest BCUT2D eigenvalue weighted by molar-refractivity contribution is 7.89. The second kappa shape index (κ2) is 9.37. The van der Waals surface area contributed by atoms with Gasteiger partial charge in [0.2, 0.25) is 10.0 Å². The molecule has 1 N–H and O–H groups in total. The van der Waals surface area contributed by atoms with Crippen molar-refractivity contribution in [1.29, 1.82) is 0 Å². The van der Waals surface area contributed by atoms with Gasteiger partial charge in [-0.15, -0.1) is 12.4 Å². The Morgan fingerprint density at radius 1 is 1.11 bits per heavy atom. The summed E-state index contributed by atoms with van der Waals surface area (Å²) in [6.45, 7) is 4.38. The zero-order valence-corrected chi connectivity index (χ0v) is 17.7. The van der Waals surface area contributed by atoms with Crippen LogP contribution >= 0.6 is 12.4 Å². The van der Waals surface area contributed by atoms with E-state index in [0.29, 0.717) is 12.1 Å². The lowest BCUT2D eigenvalue weighted by atomic mass is 10.0. The van der Waals surface area contributed by atoms with Gasteiger partial charge < -0.3 is 10.2 Å². The van der Waals surface area contributed by atoms with Crippen LogP contribution in [0, 0.1) is 0 Å². The van der Waals surface area contributed by atoms with E-state index in [1.54, 1.807) is 33.5 Å². The van der Waals surface area contributed by atoms with Gasteiger partial charge in [-0.3, -0.25) is 4.79 Å². The lowest BCUT2D eigenvalue weighted by molar-refractivity contribution is 0.0703. The first-order chi connectivity index (χ1) is 12.4. The minimum Gasteiger partial charge on any atom is -0.339 e. The Kier molecular flexibility index (Phi) is 7.68. The molecule has 2 heterocycles. The SMILES string of the molecule is CC1CCCCN1S(=O)(=O)c1ccc(C(=O)N(C)C2CCNCC2)cc1.Cl. The van der Waals surface area contributed by atoms with E-state index in [2.05, 4.69) is 5.32 Å². The molecule has 2 fully saturated rings. The van der Waals surface area contributed by atoms with Crippen LogP contribution in [0.15, 0.2) is 29.2 Å². The van der Waals surface area contributed by atoms with Crippen molar-refractivity contribution in [2.24, 2.45) is 0 Å². The Balaban J connectivity index is 0.00000261. The van der Waals surface area contributed by atoms with Gasteiger partial charge in [0.1, 0.15) is 0 Å². The third-order valence-electron chi connectivity index (χ3n) is 5.63. The molecule has 0 aromatic heterocycles. The average molecular weight is 416 g/mol. The molecule has 6 nitrogen and oxygen atoms in total. The number of benzene rings is 1. The number of amides is 1. The van der Waals surface area contributed by atoms with Gasteiger partial charge >= 0.3 is 0 Å². The summed E-state index contributed by atoms with van der Waals surface area (Å²) in [6.07, 6.45) is 4.77. The number of nitrogens with one attached hydrogen (secondary N) is 1. The van der Waals surface area contributed by atoms with Crippen LogP contribution in [0.25, 0.3) is 0 Å². The molecule has 3 rings (SSSR count). The molecule has 1 aromatic carbocycles. The van der Waals surface area contributed by atoms with E-state index >= 15 is 0 Å². The van der Waals surface area contributed by atoms with Crippen molar-refractivity contribution in [2.45, 2.75) is 56.0 Å². The number of nitrogens with zero attached hydrogens (tertiary/aromatic N) is 2. The van der Waals surface area contributed by atoms with E-state index in [0.717, 1.165) is 45.2 Å². The Morgan fingerprint density at radius 3 is 2.33 bits per heavy atom. The summed E-state index contributed by atoms with van der Waals surface area (Å²) >= 11 is 0. The van der Waals surface area contributed by atoms with E-state index < -0.39 is 10.0 Å². The van der Waals surface area contributed by atoms with Crippen LogP contribution in [-0.4, -0.2) is 62.3 Å². The molecule has 0 aliphatic carbocycles. The van der Waals surface area contributed by atoms with E-state index in [1.165, 1.54) is 0 Å². The van der Waals surface area contributed by atoms with E-state index in [4.69, 9.17) is 0 Å². The lowest BCUT2D eigenvalue weighted by Crippen LogP contribution is -2.44. The molecular weight excluding hydrogens is 386 g/mol. The van der Waals surface area contributed by atoms with Gasteiger partial charge in [-0.05, 0) is 70.0 Å². The molecule has 1 amide bonds. The highest BCUT2D eigenvalue weighted by atomic mass is 35.5. The van der Waals surface area contributed by atoms with Crippen molar-refractivity contribution in [1.82, 2.24) is 14.5 Å². The standard InChI is InChI=1S/C19H29N3O3S.ClH/c1-15-5-3-4-14-22(15)26(24,25)18-8-6-16(7-9-18)19(23)21(2)17-10-12-20-13-11-17;/h6-9,15,17,20H,3-5,10-14H2,1-2H3;1H. The number of halogens is 1. The van der Waals surface area contributed by atoms with Crippen LogP contribution in [0.2, 0.25) is 0 Å². The number of carbonyl (C=O) groups excluding carboxylic acids is 1. The number of hydrogen-bond donors (Lipinski definition) is 1. The van der Waals surface area contributed by atoms with Gasteiger partial charge in [-0.25, -0.2) is 8.42 Å². The maximum absolute atomic E-state index is 12.9. The van der Waals surface area contributed by atoms with Crippen molar-refractivity contribution in [3.8, 4) is 0 Å². The monoisotopic (exact) mass is 415 g/mol. The van der Waals surface area contributed by atoms with E-state index in [-0.39, 0.29) is 35.3 Å². The Hall–Kier alpha value is -1.15. The molecule has 0 bridgehead atoms. The number of piperidine rings is 2. The summed E-state index contributed by atoms with van der Waals surface area (Å²) in [5, 5.41) is 3.30. The molecule has 0 radical (unpaired) electrons. The van der Waals surface area contributed by atoms with Crippen LogP contribution in [0.4, 0.5) is 0 Å². The predicted molar refractivity (Wildman–Crippen MR) is 109 cm³/mol. The molecule has 2 aliphatic heterocycles. The highest BCUT2D eigenvalue weighted by Crippen LogP contribution is 2.25. The number of rotatable bonds is 4. The summed E-state index contributed by atoms with van der Waals surface area (Å²) in [7, 11) is -1.66. The molecule has 1 unspecified atom stereocenters. The molecule has 0 spiro atoms. The predicted octanol–water partition coefficient (Wildman–Crippen LogP) is 2.50. The smallest absolute Gasteiger partial charge is 0.253 e. The Bertz CT molecular complexity index is 733. The van der Waals surface area contributed by atoms with Crippen molar-refractivity contribution in [2.75, 3.05) is 26.7 Å². The maximum atomic E-state index is 12.9. The topological polar surface area (TPSA) is 69.7 Å². The molecule has 0 saturated carbocycles. The fourth-order valence-electron chi connectivity index (χ4n) is 3.90. The van der Waals surface area contributed by atoms with Crippen molar-refractivity contribution in [3.05, 3.63) is 29.8 Å². The third kappa shape index (κ3) is 4.83.